The van der Waals surface area contributed by atoms with Gasteiger partial charge in [-0.05, 0) is 17.8 Å². The number of hydrazone groups is 1. The molecule has 2 aliphatic rings. The van der Waals surface area contributed by atoms with E-state index in [-0.39, 0.29) is 22.9 Å². The monoisotopic (exact) mass is 318 g/mol. The molecule has 7 nitrogen and oxygen atoms in total. The number of carbonyl (C=O) groups is 3. The third kappa shape index (κ3) is 1.83. The van der Waals surface area contributed by atoms with E-state index in [9.17, 15) is 14.4 Å². The molecule has 1 spiro atoms. The second kappa shape index (κ2) is 4.84. The van der Waals surface area contributed by atoms with Gasteiger partial charge in [0.25, 0.3) is 5.91 Å². The summed E-state index contributed by atoms with van der Waals surface area (Å²) in [5, 5.41) is 8.07. The van der Waals surface area contributed by atoms with Crippen molar-refractivity contribution in [2.45, 2.75) is 18.7 Å². The number of hydrogen-bond donors (Lipinski definition) is 1. The number of nitrogens with one attached hydrogen (secondary N) is 1. The molecule has 0 bridgehead atoms. The molecule has 1 unspecified atom stereocenters. The second-order valence-electron chi connectivity index (χ2n) is 5.04. The number of hydrogen-bond acceptors (Lipinski definition) is 5. The van der Waals surface area contributed by atoms with Crippen LogP contribution in [0.1, 0.15) is 19.4 Å². The highest BCUT2D eigenvalue weighted by molar-refractivity contribution is 8.15. The summed E-state index contributed by atoms with van der Waals surface area (Å²) in [5.74, 6) is -0.941. The van der Waals surface area contributed by atoms with E-state index < -0.39 is 4.87 Å². The zero-order valence-electron chi connectivity index (χ0n) is 12.3. The lowest BCUT2D eigenvalue weighted by atomic mass is 10.1. The first-order valence-electron chi connectivity index (χ1n) is 6.61. The number of likely N-dealkylation sites (N-methyl/N-ethyl adjacent to an activating group) is 1. The van der Waals surface area contributed by atoms with Crippen LogP contribution in [0, 0.1) is 0 Å². The standard InChI is InChI=1S/C14H14N4O3S/c1-8(19)15-13-16-18(9(2)20)14(22-13)10-6-4-5-7-11(10)17(3)12(14)21/h4-7H,1-3H3,(H,15,16,19). The molecule has 114 valence electrons. The summed E-state index contributed by atoms with van der Waals surface area (Å²) in [6, 6.07) is 7.25. The molecule has 1 N–H and O–H groups in total. The van der Waals surface area contributed by atoms with Gasteiger partial charge in [-0.2, -0.15) is 5.01 Å². The Balaban J connectivity index is 2.15. The molecule has 0 saturated carbocycles. The van der Waals surface area contributed by atoms with Gasteiger partial charge in [0.1, 0.15) is 0 Å². The topological polar surface area (TPSA) is 82.1 Å². The highest BCUT2D eigenvalue weighted by Gasteiger charge is 2.60. The number of benzene rings is 1. The van der Waals surface area contributed by atoms with Gasteiger partial charge in [0.15, 0.2) is 5.17 Å². The van der Waals surface area contributed by atoms with Crippen LogP contribution in [-0.2, 0) is 19.3 Å². The predicted octanol–water partition coefficient (Wildman–Crippen LogP) is 0.818. The van der Waals surface area contributed by atoms with E-state index in [2.05, 4.69) is 10.4 Å². The van der Waals surface area contributed by atoms with E-state index in [1.165, 1.54) is 18.7 Å². The Morgan fingerprint density at radius 2 is 1.95 bits per heavy atom. The average molecular weight is 318 g/mol. The van der Waals surface area contributed by atoms with Gasteiger partial charge in [0, 0.05) is 26.5 Å². The molecule has 8 heteroatoms. The van der Waals surface area contributed by atoms with Gasteiger partial charge in [-0.1, -0.05) is 18.2 Å². The van der Waals surface area contributed by atoms with Gasteiger partial charge in [-0.3, -0.25) is 14.4 Å². The van der Waals surface area contributed by atoms with Crippen LogP contribution in [0.2, 0.25) is 0 Å². The SMILES string of the molecule is CC(=O)NC1=NN(C(C)=O)C2(S1)C(=O)N(C)c1ccccc12. The highest BCUT2D eigenvalue weighted by atomic mass is 32.2. The Morgan fingerprint density at radius 1 is 1.27 bits per heavy atom. The molecule has 1 atom stereocenters. The Bertz CT molecular complexity index is 733. The Morgan fingerprint density at radius 3 is 2.59 bits per heavy atom. The van der Waals surface area contributed by atoms with Gasteiger partial charge in [-0.25, -0.2) is 0 Å². The van der Waals surface area contributed by atoms with E-state index >= 15 is 0 Å². The lowest BCUT2D eigenvalue weighted by Gasteiger charge is -2.28. The van der Waals surface area contributed by atoms with Crippen LogP contribution in [0.5, 0.6) is 0 Å². The van der Waals surface area contributed by atoms with Crippen molar-refractivity contribution < 1.29 is 14.4 Å². The molecule has 0 radical (unpaired) electrons. The maximum absolute atomic E-state index is 12.9. The molecule has 2 aliphatic heterocycles. The van der Waals surface area contributed by atoms with Crippen LogP contribution < -0.4 is 10.2 Å². The first-order chi connectivity index (χ1) is 10.4. The molecule has 0 aliphatic carbocycles. The number of nitrogens with zero attached hydrogens (tertiary/aromatic N) is 3. The van der Waals surface area contributed by atoms with E-state index in [1.807, 2.05) is 18.2 Å². The summed E-state index contributed by atoms with van der Waals surface area (Å²) >= 11 is 1.07. The lowest BCUT2D eigenvalue weighted by Crippen LogP contribution is -2.47. The number of carbonyl (C=O) groups excluding carboxylic acids is 3. The fraction of sp³-hybridized carbons (Fsp3) is 0.286. The maximum Gasteiger partial charge on any atom is 0.270 e. The molecule has 22 heavy (non-hydrogen) atoms. The Labute approximate surface area is 131 Å². The van der Waals surface area contributed by atoms with Crippen molar-refractivity contribution in [1.29, 1.82) is 0 Å². The van der Waals surface area contributed by atoms with Gasteiger partial charge < -0.3 is 10.2 Å². The number of thioether (sulfide) groups is 1. The number of amides is 3. The molecule has 2 heterocycles. The summed E-state index contributed by atoms with van der Waals surface area (Å²) in [6.07, 6.45) is 0. The van der Waals surface area contributed by atoms with Crippen LogP contribution in [0.3, 0.4) is 0 Å². The van der Waals surface area contributed by atoms with E-state index in [4.69, 9.17) is 0 Å². The van der Waals surface area contributed by atoms with Crippen LogP contribution in [0.25, 0.3) is 0 Å². The molecule has 3 amide bonds. The molecule has 3 rings (SSSR count). The molecule has 0 saturated heterocycles. The first kappa shape index (κ1) is 14.6. The molecule has 1 aromatic carbocycles. The van der Waals surface area contributed by atoms with E-state index in [0.717, 1.165) is 22.5 Å². The lowest BCUT2D eigenvalue weighted by molar-refractivity contribution is -0.139. The number of para-hydroxylation sites is 1. The third-order valence-electron chi connectivity index (χ3n) is 3.54. The van der Waals surface area contributed by atoms with Gasteiger partial charge >= 0.3 is 0 Å². The summed E-state index contributed by atoms with van der Waals surface area (Å²) < 4.78 is 0. The molecule has 0 aromatic heterocycles. The van der Waals surface area contributed by atoms with Gasteiger partial charge in [-0.15, -0.1) is 5.10 Å². The van der Waals surface area contributed by atoms with Crippen LogP contribution in [-0.4, -0.2) is 34.9 Å². The van der Waals surface area contributed by atoms with Crippen molar-refractivity contribution in [2.75, 3.05) is 11.9 Å². The van der Waals surface area contributed by atoms with Gasteiger partial charge in [0.2, 0.25) is 16.7 Å². The molecular weight excluding hydrogens is 304 g/mol. The van der Waals surface area contributed by atoms with Crippen LogP contribution >= 0.6 is 11.8 Å². The number of rotatable bonds is 0. The number of fused-ring (bicyclic) bond motifs is 2. The molecule has 0 fully saturated rings. The van der Waals surface area contributed by atoms with E-state index in [1.54, 1.807) is 13.1 Å². The first-order valence-corrected chi connectivity index (χ1v) is 7.43. The summed E-state index contributed by atoms with van der Waals surface area (Å²) in [7, 11) is 1.66. The van der Waals surface area contributed by atoms with Crippen molar-refractivity contribution in [2.24, 2.45) is 5.10 Å². The minimum absolute atomic E-state index is 0.237. The van der Waals surface area contributed by atoms with Crippen LogP contribution in [0.15, 0.2) is 29.4 Å². The quantitative estimate of drug-likeness (QED) is 0.768. The van der Waals surface area contributed by atoms with Crippen molar-refractivity contribution >= 4 is 40.3 Å². The smallest absolute Gasteiger partial charge is 0.270 e. The fourth-order valence-electron chi connectivity index (χ4n) is 2.67. The molecule has 1 aromatic rings. The fourth-order valence-corrected chi connectivity index (χ4v) is 4.03. The number of anilines is 1. The highest BCUT2D eigenvalue weighted by Crippen LogP contribution is 2.53. The predicted molar refractivity (Wildman–Crippen MR) is 82.9 cm³/mol. The Kier molecular flexibility index (Phi) is 3.21. The minimum atomic E-state index is -1.28. The van der Waals surface area contributed by atoms with Crippen LogP contribution in [0.4, 0.5) is 5.69 Å². The maximum atomic E-state index is 12.9. The van der Waals surface area contributed by atoms with Gasteiger partial charge in [0.05, 0.1) is 5.69 Å². The number of amidine groups is 1. The molecular formula is C14H14N4O3S. The third-order valence-corrected chi connectivity index (χ3v) is 4.78. The summed E-state index contributed by atoms with van der Waals surface area (Å²) in [4.78, 5) is 36.4. The van der Waals surface area contributed by atoms with E-state index in [0.29, 0.717) is 5.56 Å². The normalized spacial score (nSPS) is 22.9. The van der Waals surface area contributed by atoms with Crippen molar-refractivity contribution in [3.63, 3.8) is 0 Å². The average Bonchev–Trinajstić information content (AvgIpc) is 2.93. The summed E-state index contributed by atoms with van der Waals surface area (Å²) in [6.45, 7) is 2.69. The zero-order valence-corrected chi connectivity index (χ0v) is 13.1. The largest absolute Gasteiger partial charge is 0.312 e. The summed E-state index contributed by atoms with van der Waals surface area (Å²) in [5.41, 5.74) is 1.41. The van der Waals surface area contributed by atoms with Crippen molar-refractivity contribution in [3.8, 4) is 0 Å². The minimum Gasteiger partial charge on any atom is -0.312 e. The second-order valence-corrected chi connectivity index (χ2v) is 6.23. The zero-order chi connectivity index (χ0) is 16.1. The van der Waals surface area contributed by atoms with Crippen molar-refractivity contribution in [1.82, 2.24) is 10.3 Å². The van der Waals surface area contributed by atoms with Crippen molar-refractivity contribution in [3.05, 3.63) is 29.8 Å². The Hall–Kier alpha value is -2.35.